The molecule has 0 atom stereocenters. The quantitative estimate of drug-likeness (QED) is 0.660. The highest BCUT2D eigenvalue weighted by Crippen LogP contribution is 2.29. The summed E-state index contributed by atoms with van der Waals surface area (Å²) in [6.07, 6.45) is 3.62. The Labute approximate surface area is 143 Å². The number of hydrogen-bond acceptors (Lipinski definition) is 5. The molecule has 1 saturated carbocycles. The van der Waals surface area contributed by atoms with E-state index in [9.17, 15) is 9.59 Å². The third kappa shape index (κ3) is 2.88. The minimum Gasteiger partial charge on any atom is -0.473 e. The van der Waals surface area contributed by atoms with Crippen molar-refractivity contribution in [2.75, 3.05) is 6.61 Å². The molecule has 1 aliphatic carbocycles. The zero-order chi connectivity index (χ0) is 17.4. The van der Waals surface area contributed by atoms with E-state index in [1.807, 2.05) is 24.3 Å². The maximum absolute atomic E-state index is 12.4. The molecule has 0 bridgehead atoms. The minimum atomic E-state index is -0.438. The topological polar surface area (TPSA) is 92.8 Å². The number of hydrogen-bond donors (Lipinski definition) is 2. The van der Waals surface area contributed by atoms with Crippen molar-refractivity contribution in [3.63, 3.8) is 0 Å². The average Bonchev–Trinajstić information content (AvgIpc) is 3.25. The second-order valence-corrected chi connectivity index (χ2v) is 5.91. The fourth-order valence-electron chi connectivity index (χ4n) is 2.72. The number of nitrogens with one attached hydrogen (secondary N) is 2. The molecule has 1 aliphatic heterocycles. The Hall–Kier alpha value is -3.09. The number of esters is 1. The lowest BCUT2D eigenvalue weighted by molar-refractivity contribution is -0.116. The van der Waals surface area contributed by atoms with Crippen LogP contribution in [0.2, 0.25) is 0 Å². The van der Waals surface area contributed by atoms with Crippen molar-refractivity contribution in [1.29, 1.82) is 0 Å². The zero-order valence-electron chi connectivity index (χ0n) is 13.7. The lowest BCUT2D eigenvalue weighted by Crippen LogP contribution is -2.15. The first-order valence-corrected chi connectivity index (χ1v) is 8.22. The first-order valence-electron chi connectivity index (χ1n) is 8.22. The number of nitrogens with zero attached hydrogens (tertiary/aromatic N) is 1. The van der Waals surface area contributed by atoms with Crippen LogP contribution in [-0.4, -0.2) is 35.5 Å². The van der Waals surface area contributed by atoms with Crippen molar-refractivity contribution < 1.29 is 19.1 Å². The molecule has 25 heavy (non-hydrogen) atoms. The van der Waals surface area contributed by atoms with Gasteiger partial charge in [-0.1, -0.05) is 18.2 Å². The largest absolute Gasteiger partial charge is 0.473 e. The summed E-state index contributed by atoms with van der Waals surface area (Å²) in [5.74, 6) is -0.531. The van der Waals surface area contributed by atoms with Crippen LogP contribution in [0.5, 0.6) is 0 Å². The number of carbonyl (C=O) groups excluding carboxylic acids is 2. The Morgan fingerprint density at radius 3 is 2.92 bits per heavy atom. The van der Waals surface area contributed by atoms with Gasteiger partial charge in [0.25, 0.3) is 5.91 Å². The summed E-state index contributed by atoms with van der Waals surface area (Å²) in [7, 11) is 0. The van der Waals surface area contributed by atoms with Gasteiger partial charge in [-0.15, -0.1) is 5.10 Å². The fraction of sp³-hybridized carbons (Fsp3) is 0.278. The second-order valence-electron chi connectivity index (χ2n) is 5.91. The SMILES string of the molecule is CCOC(=O)c1c(/C=C2\C(=O)NN=C2OC2CC2)[nH]c2ccccc12. The molecular formula is C18H17N3O4. The Kier molecular flexibility index (Phi) is 3.76. The first kappa shape index (κ1) is 15.4. The van der Waals surface area contributed by atoms with Gasteiger partial charge in [0.15, 0.2) is 0 Å². The lowest BCUT2D eigenvalue weighted by Gasteiger charge is -2.04. The lowest BCUT2D eigenvalue weighted by atomic mass is 10.1. The summed E-state index contributed by atoms with van der Waals surface area (Å²) >= 11 is 0. The summed E-state index contributed by atoms with van der Waals surface area (Å²) in [6.45, 7) is 2.02. The number of carbonyl (C=O) groups is 2. The third-order valence-electron chi connectivity index (χ3n) is 4.04. The van der Waals surface area contributed by atoms with Crippen LogP contribution < -0.4 is 5.43 Å². The predicted octanol–water partition coefficient (Wildman–Crippen LogP) is 2.35. The molecule has 1 aromatic heterocycles. The number of aromatic nitrogens is 1. The van der Waals surface area contributed by atoms with Gasteiger partial charge in [0.2, 0.25) is 5.90 Å². The molecule has 1 amide bonds. The number of para-hydroxylation sites is 1. The number of ether oxygens (including phenoxy) is 2. The fourth-order valence-corrected chi connectivity index (χ4v) is 2.72. The smallest absolute Gasteiger partial charge is 0.340 e. The van der Waals surface area contributed by atoms with Gasteiger partial charge < -0.3 is 14.5 Å². The van der Waals surface area contributed by atoms with Gasteiger partial charge in [-0.25, -0.2) is 10.2 Å². The van der Waals surface area contributed by atoms with Gasteiger partial charge in [0, 0.05) is 10.9 Å². The maximum atomic E-state index is 12.4. The molecule has 1 fully saturated rings. The summed E-state index contributed by atoms with van der Waals surface area (Å²) in [6, 6.07) is 7.42. The van der Waals surface area contributed by atoms with E-state index in [0.29, 0.717) is 16.8 Å². The molecule has 2 N–H and O–H groups in total. The molecule has 1 aromatic carbocycles. The number of amides is 1. The standard InChI is InChI=1S/C18H17N3O4/c1-2-24-18(23)15-11-5-3-4-6-13(11)19-14(15)9-12-16(22)20-21-17(12)25-10-7-8-10/h3-6,9-10,19H,2,7-8H2,1H3,(H,20,22)/b12-9+. The molecule has 7 nitrogen and oxygen atoms in total. The molecule has 7 heteroatoms. The normalized spacial score (nSPS) is 18.4. The van der Waals surface area contributed by atoms with Crippen molar-refractivity contribution in [3.05, 3.63) is 41.1 Å². The average molecular weight is 339 g/mol. The van der Waals surface area contributed by atoms with Gasteiger partial charge in [0.05, 0.1) is 17.9 Å². The van der Waals surface area contributed by atoms with E-state index < -0.39 is 5.97 Å². The highest BCUT2D eigenvalue weighted by Gasteiger charge is 2.32. The maximum Gasteiger partial charge on any atom is 0.340 e. The number of fused-ring (bicyclic) bond motifs is 1. The Morgan fingerprint density at radius 1 is 1.36 bits per heavy atom. The van der Waals surface area contributed by atoms with E-state index in [-0.39, 0.29) is 24.5 Å². The van der Waals surface area contributed by atoms with Crippen molar-refractivity contribution >= 4 is 34.8 Å². The molecule has 4 rings (SSSR count). The van der Waals surface area contributed by atoms with E-state index in [4.69, 9.17) is 9.47 Å². The molecule has 0 saturated heterocycles. The number of H-pyrrole nitrogens is 1. The van der Waals surface area contributed by atoms with Crippen LogP contribution in [0.3, 0.4) is 0 Å². The molecule has 128 valence electrons. The Bertz CT molecular complexity index is 922. The third-order valence-corrected chi connectivity index (χ3v) is 4.04. The van der Waals surface area contributed by atoms with Crippen molar-refractivity contribution in [3.8, 4) is 0 Å². The molecule has 0 radical (unpaired) electrons. The number of rotatable bonds is 4. The van der Waals surface area contributed by atoms with Gasteiger partial charge in [-0.2, -0.15) is 0 Å². The van der Waals surface area contributed by atoms with Gasteiger partial charge >= 0.3 is 5.97 Å². The van der Waals surface area contributed by atoms with Crippen LogP contribution in [-0.2, 0) is 14.3 Å². The predicted molar refractivity (Wildman–Crippen MR) is 91.9 cm³/mol. The summed E-state index contributed by atoms with van der Waals surface area (Å²) in [5.41, 5.74) is 4.39. The van der Waals surface area contributed by atoms with E-state index in [0.717, 1.165) is 23.7 Å². The van der Waals surface area contributed by atoms with E-state index in [1.54, 1.807) is 13.0 Å². The molecule has 2 aliphatic rings. The van der Waals surface area contributed by atoms with Crippen LogP contribution in [0.15, 0.2) is 34.9 Å². The number of benzene rings is 1. The highest BCUT2D eigenvalue weighted by atomic mass is 16.5. The molecule has 0 spiro atoms. The van der Waals surface area contributed by atoms with Crippen LogP contribution in [0.4, 0.5) is 0 Å². The van der Waals surface area contributed by atoms with Crippen molar-refractivity contribution in [2.45, 2.75) is 25.9 Å². The van der Waals surface area contributed by atoms with Crippen LogP contribution in [0.1, 0.15) is 35.8 Å². The highest BCUT2D eigenvalue weighted by molar-refractivity contribution is 6.25. The van der Waals surface area contributed by atoms with E-state index >= 15 is 0 Å². The second kappa shape index (κ2) is 6.08. The van der Waals surface area contributed by atoms with Crippen LogP contribution in [0, 0.1) is 0 Å². The molecular weight excluding hydrogens is 322 g/mol. The summed E-state index contributed by atoms with van der Waals surface area (Å²) < 4.78 is 10.8. The summed E-state index contributed by atoms with van der Waals surface area (Å²) in [5, 5.41) is 4.68. The molecule has 2 heterocycles. The van der Waals surface area contributed by atoms with Gasteiger partial charge in [-0.3, -0.25) is 4.79 Å². The molecule has 0 unspecified atom stereocenters. The Morgan fingerprint density at radius 2 is 2.16 bits per heavy atom. The number of hydrazone groups is 1. The van der Waals surface area contributed by atoms with Crippen molar-refractivity contribution in [1.82, 2.24) is 10.4 Å². The Balaban J connectivity index is 1.79. The minimum absolute atomic E-state index is 0.113. The monoisotopic (exact) mass is 339 g/mol. The van der Waals surface area contributed by atoms with E-state index in [2.05, 4.69) is 15.5 Å². The van der Waals surface area contributed by atoms with Crippen molar-refractivity contribution in [2.24, 2.45) is 5.10 Å². The van der Waals surface area contributed by atoms with Crippen LogP contribution in [0.25, 0.3) is 17.0 Å². The van der Waals surface area contributed by atoms with Gasteiger partial charge in [-0.05, 0) is 31.9 Å². The number of aromatic amines is 1. The van der Waals surface area contributed by atoms with Crippen LogP contribution >= 0.6 is 0 Å². The first-order chi connectivity index (χ1) is 12.2. The zero-order valence-corrected chi connectivity index (χ0v) is 13.7. The van der Waals surface area contributed by atoms with E-state index in [1.165, 1.54) is 0 Å². The molecule has 2 aromatic rings. The summed E-state index contributed by atoms with van der Waals surface area (Å²) in [4.78, 5) is 27.7. The van der Waals surface area contributed by atoms with Gasteiger partial charge in [0.1, 0.15) is 11.7 Å².